The molecule has 0 bridgehead atoms. The lowest BCUT2D eigenvalue weighted by molar-refractivity contribution is -0.118. The van der Waals surface area contributed by atoms with Crippen molar-refractivity contribution in [3.05, 3.63) is 15.9 Å². The third-order valence-electron chi connectivity index (χ3n) is 2.71. The van der Waals surface area contributed by atoms with Crippen LogP contribution in [-0.4, -0.2) is 28.2 Å². The maximum Gasteiger partial charge on any atom is 0.140 e. The maximum absolute atomic E-state index is 11.9. The standard InChI is InChI=1S/C12H20BrN3O/c1-5-14-8(2)6-10(17)7-11-12(13)9(3)15-16(11)4/h8,14H,5-7H2,1-4H3. The summed E-state index contributed by atoms with van der Waals surface area (Å²) in [5.41, 5.74) is 1.88. The van der Waals surface area contributed by atoms with Gasteiger partial charge in [0.1, 0.15) is 5.78 Å². The molecule has 1 heterocycles. The van der Waals surface area contributed by atoms with Gasteiger partial charge < -0.3 is 5.32 Å². The zero-order chi connectivity index (χ0) is 13.0. The molecule has 0 aliphatic carbocycles. The summed E-state index contributed by atoms with van der Waals surface area (Å²) >= 11 is 3.48. The van der Waals surface area contributed by atoms with E-state index >= 15 is 0 Å². The predicted octanol–water partition coefficient (Wildman–Crippen LogP) is 1.99. The topological polar surface area (TPSA) is 46.9 Å². The molecule has 1 aromatic heterocycles. The van der Waals surface area contributed by atoms with Gasteiger partial charge in [0.15, 0.2) is 0 Å². The van der Waals surface area contributed by atoms with Crippen LogP contribution in [0.2, 0.25) is 0 Å². The second-order valence-corrected chi connectivity index (χ2v) is 5.14. The molecule has 1 atom stereocenters. The number of nitrogens with one attached hydrogen (secondary N) is 1. The highest BCUT2D eigenvalue weighted by Crippen LogP contribution is 2.21. The van der Waals surface area contributed by atoms with Crippen LogP contribution in [-0.2, 0) is 18.3 Å². The molecular weight excluding hydrogens is 282 g/mol. The van der Waals surface area contributed by atoms with Gasteiger partial charge in [0.2, 0.25) is 0 Å². The summed E-state index contributed by atoms with van der Waals surface area (Å²) in [6.45, 7) is 6.90. The molecule has 5 heteroatoms. The van der Waals surface area contributed by atoms with Gasteiger partial charge in [-0.3, -0.25) is 9.48 Å². The smallest absolute Gasteiger partial charge is 0.140 e. The lowest BCUT2D eigenvalue weighted by atomic mass is 10.1. The monoisotopic (exact) mass is 301 g/mol. The van der Waals surface area contributed by atoms with Gasteiger partial charge in [-0.05, 0) is 36.3 Å². The number of ketones is 1. The van der Waals surface area contributed by atoms with Crippen LogP contribution in [0.1, 0.15) is 31.7 Å². The average molecular weight is 302 g/mol. The first-order chi connectivity index (χ1) is 7.95. The number of hydrogen-bond acceptors (Lipinski definition) is 3. The quantitative estimate of drug-likeness (QED) is 0.874. The Morgan fingerprint density at radius 1 is 1.59 bits per heavy atom. The first-order valence-corrected chi connectivity index (χ1v) is 6.68. The van der Waals surface area contributed by atoms with Crippen molar-refractivity contribution in [2.45, 2.75) is 39.7 Å². The lowest BCUT2D eigenvalue weighted by Crippen LogP contribution is -2.28. The number of aromatic nitrogens is 2. The molecule has 17 heavy (non-hydrogen) atoms. The minimum atomic E-state index is 0.237. The summed E-state index contributed by atoms with van der Waals surface area (Å²) in [6, 6.07) is 0.237. The van der Waals surface area contributed by atoms with E-state index in [4.69, 9.17) is 0 Å². The van der Waals surface area contributed by atoms with Crippen molar-refractivity contribution < 1.29 is 4.79 Å². The summed E-state index contributed by atoms with van der Waals surface area (Å²) in [7, 11) is 1.87. The molecule has 0 amide bonds. The highest BCUT2D eigenvalue weighted by atomic mass is 79.9. The number of rotatable bonds is 6. The second-order valence-electron chi connectivity index (χ2n) is 4.35. The normalized spacial score (nSPS) is 12.8. The lowest BCUT2D eigenvalue weighted by Gasteiger charge is -2.11. The molecule has 0 aliphatic rings. The van der Waals surface area contributed by atoms with Gasteiger partial charge in [0.05, 0.1) is 15.9 Å². The minimum Gasteiger partial charge on any atom is -0.314 e. The molecule has 96 valence electrons. The molecule has 0 spiro atoms. The highest BCUT2D eigenvalue weighted by molar-refractivity contribution is 9.10. The molecule has 4 nitrogen and oxygen atoms in total. The number of Topliss-reactive ketones (excluding diaryl/α,β-unsaturated/α-hetero) is 1. The zero-order valence-corrected chi connectivity index (χ0v) is 12.5. The minimum absolute atomic E-state index is 0.237. The molecule has 1 N–H and O–H groups in total. The van der Waals surface area contributed by atoms with Crippen LogP contribution in [0.15, 0.2) is 4.47 Å². The third-order valence-corrected chi connectivity index (χ3v) is 3.74. The molecule has 0 saturated heterocycles. The Bertz CT molecular complexity index is 401. The van der Waals surface area contributed by atoms with Gasteiger partial charge in [-0.1, -0.05) is 6.92 Å². The third kappa shape index (κ3) is 3.92. The number of aryl methyl sites for hydroxylation is 2. The number of nitrogens with zero attached hydrogens (tertiary/aromatic N) is 2. The molecule has 0 saturated carbocycles. The molecule has 1 rings (SSSR count). The van der Waals surface area contributed by atoms with Crippen LogP contribution in [0.25, 0.3) is 0 Å². The van der Waals surface area contributed by atoms with Crippen LogP contribution in [0.5, 0.6) is 0 Å². The summed E-state index contributed by atoms with van der Waals surface area (Å²) in [4.78, 5) is 11.9. The van der Waals surface area contributed by atoms with Crippen molar-refractivity contribution in [3.63, 3.8) is 0 Å². The Labute approximate surface area is 111 Å². The Hall–Kier alpha value is -0.680. The van der Waals surface area contributed by atoms with Crippen molar-refractivity contribution in [1.29, 1.82) is 0 Å². The molecule has 0 aromatic carbocycles. The van der Waals surface area contributed by atoms with Crippen molar-refractivity contribution in [1.82, 2.24) is 15.1 Å². The molecular formula is C12H20BrN3O. The SMILES string of the molecule is CCNC(C)CC(=O)Cc1c(Br)c(C)nn1C. The van der Waals surface area contributed by atoms with Gasteiger partial charge in [0.25, 0.3) is 0 Å². The van der Waals surface area contributed by atoms with Gasteiger partial charge >= 0.3 is 0 Å². The van der Waals surface area contributed by atoms with Gasteiger partial charge in [0, 0.05) is 25.9 Å². The fourth-order valence-corrected chi connectivity index (χ4v) is 2.37. The molecule has 0 aliphatic heterocycles. The summed E-state index contributed by atoms with van der Waals surface area (Å²) in [5, 5.41) is 7.52. The first kappa shape index (κ1) is 14.4. The van der Waals surface area contributed by atoms with Crippen LogP contribution < -0.4 is 5.32 Å². The Kier molecular flexibility index (Phi) is 5.33. The van der Waals surface area contributed by atoms with Crippen molar-refractivity contribution >= 4 is 21.7 Å². The predicted molar refractivity (Wildman–Crippen MR) is 72.1 cm³/mol. The van der Waals surface area contributed by atoms with Crippen LogP contribution in [0.3, 0.4) is 0 Å². The second kappa shape index (κ2) is 6.31. The number of halogens is 1. The van der Waals surface area contributed by atoms with Crippen LogP contribution in [0, 0.1) is 6.92 Å². The fourth-order valence-electron chi connectivity index (χ4n) is 1.89. The van der Waals surface area contributed by atoms with Crippen molar-refractivity contribution in [2.75, 3.05) is 6.54 Å². The number of hydrogen-bond donors (Lipinski definition) is 1. The van der Waals surface area contributed by atoms with E-state index in [9.17, 15) is 4.79 Å². The van der Waals surface area contributed by atoms with Gasteiger partial charge in [-0.15, -0.1) is 0 Å². The molecule has 1 unspecified atom stereocenters. The van der Waals surface area contributed by atoms with E-state index < -0.39 is 0 Å². The van der Waals surface area contributed by atoms with E-state index in [1.54, 1.807) is 4.68 Å². The molecule has 0 radical (unpaired) electrons. The van der Waals surface area contributed by atoms with E-state index in [0.29, 0.717) is 12.8 Å². The Morgan fingerprint density at radius 3 is 2.71 bits per heavy atom. The summed E-state index contributed by atoms with van der Waals surface area (Å²) < 4.78 is 2.72. The van der Waals surface area contributed by atoms with E-state index in [1.165, 1.54) is 0 Å². The fraction of sp³-hybridized carbons (Fsp3) is 0.667. The Balaban J connectivity index is 2.62. The number of carbonyl (C=O) groups excluding carboxylic acids is 1. The summed E-state index contributed by atoms with van der Waals surface area (Å²) in [5.74, 6) is 0.238. The average Bonchev–Trinajstić information content (AvgIpc) is 2.45. The van der Waals surface area contributed by atoms with E-state index in [-0.39, 0.29) is 11.8 Å². The molecule has 0 fully saturated rings. The largest absolute Gasteiger partial charge is 0.314 e. The van der Waals surface area contributed by atoms with E-state index in [2.05, 4.69) is 26.3 Å². The zero-order valence-electron chi connectivity index (χ0n) is 10.9. The van der Waals surface area contributed by atoms with Crippen LogP contribution >= 0.6 is 15.9 Å². The van der Waals surface area contributed by atoms with Crippen LogP contribution in [0.4, 0.5) is 0 Å². The number of carbonyl (C=O) groups is 1. The summed E-state index contributed by atoms with van der Waals surface area (Å²) in [6.07, 6.45) is 0.998. The van der Waals surface area contributed by atoms with Crippen molar-refractivity contribution in [3.8, 4) is 0 Å². The van der Waals surface area contributed by atoms with Gasteiger partial charge in [-0.25, -0.2) is 0 Å². The maximum atomic E-state index is 11.9. The van der Waals surface area contributed by atoms with E-state index in [1.807, 2.05) is 27.8 Å². The van der Waals surface area contributed by atoms with E-state index in [0.717, 1.165) is 22.4 Å². The first-order valence-electron chi connectivity index (χ1n) is 5.88. The Morgan fingerprint density at radius 2 is 2.24 bits per heavy atom. The highest BCUT2D eigenvalue weighted by Gasteiger charge is 2.15. The van der Waals surface area contributed by atoms with Gasteiger partial charge in [-0.2, -0.15) is 5.10 Å². The molecule has 1 aromatic rings. The van der Waals surface area contributed by atoms with Crippen molar-refractivity contribution in [2.24, 2.45) is 7.05 Å².